The number of carbonyl (C=O) groups excluding carboxylic acids is 1. The zero-order valence-electron chi connectivity index (χ0n) is 16.1. The van der Waals surface area contributed by atoms with Gasteiger partial charge in [0.05, 0.1) is 19.1 Å². The molecule has 28 heavy (non-hydrogen) atoms. The molecule has 0 spiro atoms. The Labute approximate surface area is 164 Å². The number of pyridine rings is 1. The molecule has 2 atom stereocenters. The lowest BCUT2D eigenvalue weighted by Gasteiger charge is -2.10. The smallest absolute Gasteiger partial charge is 0.257 e. The van der Waals surface area contributed by atoms with Crippen LogP contribution in [0.1, 0.15) is 35.7 Å². The topological polar surface area (TPSA) is 121 Å². The van der Waals surface area contributed by atoms with Gasteiger partial charge in [0.2, 0.25) is 21.8 Å². The number of primary sulfonamides is 1. The average molecular weight is 405 g/mol. The van der Waals surface area contributed by atoms with Gasteiger partial charge in [-0.25, -0.2) is 13.6 Å². The minimum absolute atomic E-state index is 0.0446. The number of ether oxygens (including phenoxy) is 2. The van der Waals surface area contributed by atoms with Crippen molar-refractivity contribution in [2.75, 3.05) is 14.2 Å². The van der Waals surface area contributed by atoms with Gasteiger partial charge < -0.3 is 14.8 Å². The summed E-state index contributed by atoms with van der Waals surface area (Å²) in [4.78, 5) is 16.9. The molecule has 1 amide bonds. The van der Waals surface area contributed by atoms with Crippen molar-refractivity contribution >= 4 is 15.9 Å². The van der Waals surface area contributed by atoms with Crippen LogP contribution in [0.15, 0.2) is 41.3 Å². The van der Waals surface area contributed by atoms with Crippen LogP contribution < -0.4 is 19.9 Å². The average Bonchev–Trinajstić information content (AvgIpc) is 3.20. The molecule has 8 nitrogen and oxygen atoms in total. The summed E-state index contributed by atoms with van der Waals surface area (Å²) in [6.07, 6.45) is 0. The number of rotatable bonds is 6. The highest BCUT2D eigenvalue weighted by Gasteiger charge is 2.59. The van der Waals surface area contributed by atoms with Gasteiger partial charge in [0.15, 0.2) is 0 Å². The van der Waals surface area contributed by atoms with Gasteiger partial charge in [0.1, 0.15) is 5.56 Å². The van der Waals surface area contributed by atoms with Crippen LogP contribution in [0.25, 0.3) is 0 Å². The molecular formula is C19H23N3O5S. The predicted octanol–water partition coefficient (Wildman–Crippen LogP) is 1.67. The van der Waals surface area contributed by atoms with Crippen LogP contribution >= 0.6 is 0 Å². The largest absolute Gasteiger partial charge is 0.481 e. The standard InChI is InChI=1S/C19H23N3O5S/c1-19(2)15(11-5-7-12(8-6-11)28(20,24)25)16(19)22-17(23)13-9-10-14(26-3)21-18(13)27-4/h5-10,15-16H,1-4H3,(H,22,23)(H2,20,24,25)/t15-,16-/m1/s1. The first-order valence-electron chi connectivity index (χ1n) is 8.62. The van der Waals surface area contributed by atoms with E-state index in [1.165, 1.54) is 26.4 Å². The molecule has 0 aliphatic heterocycles. The zero-order valence-corrected chi connectivity index (χ0v) is 16.9. The Bertz CT molecular complexity index is 1000. The second-order valence-corrected chi connectivity index (χ2v) is 8.84. The van der Waals surface area contributed by atoms with Gasteiger partial charge in [-0.15, -0.1) is 0 Å². The second kappa shape index (κ2) is 7.06. The fourth-order valence-electron chi connectivity index (χ4n) is 3.48. The van der Waals surface area contributed by atoms with E-state index in [1.54, 1.807) is 24.3 Å². The molecule has 3 N–H and O–H groups in total. The van der Waals surface area contributed by atoms with Gasteiger partial charge in [-0.3, -0.25) is 4.79 Å². The Morgan fingerprint density at radius 3 is 2.29 bits per heavy atom. The third-order valence-corrected chi connectivity index (χ3v) is 6.09. The van der Waals surface area contributed by atoms with Crippen LogP contribution in [0, 0.1) is 5.41 Å². The fourth-order valence-corrected chi connectivity index (χ4v) is 3.99. The van der Waals surface area contributed by atoms with Crippen LogP contribution in [0.5, 0.6) is 11.8 Å². The summed E-state index contributed by atoms with van der Waals surface area (Å²) >= 11 is 0. The maximum Gasteiger partial charge on any atom is 0.257 e. The SMILES string of the molecule is COc1ccc(C(=O)N[C@@H]2[C@@H](c3ccc(S(N)(=O)=O)cc3)C2(C)C)c(OC)n1. The molecule has 1 aromatic carbocycles. The van der Waals surface area contributed by atoms with E-state index in [-0.39, 0.29) is 34.1 Å². The van der Waals surface area contributed by atoms with E-state index in [0.717, 1.165) is 5.56 Å². The first-order valence-corrected chi connectivity index (χ1v) is 10.2. The number of amides is 1. The number of nitrogens with two attached hydrogens (primary N) is 1. The summed E-state index contributed by atoms with van der Waals surface area (Å²) in [6, 6.07) is 9.50. The molecule has 1 aliphatic carbocycles. The van der Waals surface area contributed by atoms with Crippen molar-refractivity contribution in [1.29, 1.82) is 0 Å². The van der Waals surface area contributed by atoms with Gasteiger partial charge in [0.25, 0.3) is 5.91 Å². The number of benzene rings is 1. The minimum atomic E-state index is -3.74. The van der Waals surface area contributed by atoms with Crippen LogP contribution in [0.2, 0.25) is 0 Å². The first-order chi connectivity index (χ1) is 13.1. The van der Waals surface area contributed by atoms with Gasteiger partial charge in [-0.2, -0.15) is 4.98 Å². The third-order valence-electron chi connectivity index (χ3n) is 5.16. The first kappa shape index (κ1) is 20.1. The lowest BCUT2D eigenvalue weighted by Crippen LogP contribution is -2.29. The molecule has 0 bridgehead atoms. The van der Waals surface area contributed by atoms with Crippen molar-refractivity contribution in [2.45, 2.75) is 30.7 Å². The molecule has 150 valence electrons. The minimum Gasteiger partial charge on any atom is -0.481 e. The van der Waals surface area contributed by atoms with E-state index in [4.69, 9.17) is 14.6 Å². The summed E-state index contributed by atoms with van der Waals surface area (Å²) in [5.74, 6) is 0.286. The number of methoxy groups -OCH3 is 2. The number of sulfonamides is 1. The number of nitrogens with one attached hydrogen (secondary N) is 1. The number of nitrogens with zero attached hydrogens (tertiary/aromatic N) is 1. The summed E-state index contributed by atoms with van der Waals surface area (Å²) < 4.78 is 33.1. The van der Waals surface area contributed by atoms with Crippen molar-refractivity contribution in [1.82, 2.24) is 10.3 Å². The molecule has 0 radical (unpaired) electrons. The normalized spacial score (nSPS) is 20.3. The number of hydrogen-bond acceptors (Lipinski definition) is 6. The highest BCUT2D eigenvalue weighted by molar-refractivity contribution is 7.89. The fraction of sp³-hybridized carbons (Fsp3) is 0.368. The van der Waals surface area contributed by atoms with Crippen molar-refractivity contribution in [3.05, 3.63) is 47.5 Å². The zero-order chi connectivity index (χ0) is 20.7. The van der Waals surface area contributed by atoms with E-state index in [0.29, 0.717) is 11.4 Å². The molecule has 0 unspecified atom stereocenters. The van der Waals surface area contributed by atoms with Crippen LogP contribution in [0.4, 0.5) is 0 Å². The molecule has 1 aliphatic rings. The summed E-state index contributed by atoms with van der Waals surface area (Å²) in [5, 5.41) is 8.17. The highest BCUT2D eigenvalue weighted by atomic mass is 32.2. The van der Waals surface area contributed by atoms with Gasteiger partial charge >= 0.3 is 0 Å². The summed E-state index contributed by atoms with van der Waals surface area (Å²) in [7, 11) is -0.810. The van der Waals surface area contributed by atoms with Crippen molar-refractivity contribution in [3.8, 4) is 11.8 Å². The molecule has 0 saturated heterocycles. The number of carbonyl (C=O) groups is 1. The van der Waals surface area contributed by atoms with E-state index in [9.17, 15) is 13.2 Å². The Balaban J connectivity index is 1.79. The maximum atomic E-state index is 12.8. The Morgan fingerprint density at radius 2 is 1.75 bits per heavy atom. The van der Waals surface area contributed by atoms with Gasteiger partial charge in [-0.05, 0) is 29.2 Å². The Kier molecular flexibility index (Phi) is 5.07. The molecule has 1 aromatic heterocycles. The molecule has 9 heteroatoms. The lowest BCUT2D eigenvalue weighted by atomic mass is 10.0. The molecule has 1 fully saturated rings. The van der Waals surface area contributed by atoms with Gasteiger partial charge in [-0.1, -0.05) is 26.0 Å². The van der Waals surface area contributed by atoms with Crippen molar-refractivity contribution in [2.24, 2.45) is 10.6 Å². The lowest BCUT2D eigenvalue weighted by molar-refractivity contribution is 0.0942. The molecule has 3 rings (SSSR count). The second-order valence-electron chi connectivity index (χ2n) is 7.27. The summed E-state index contributed by atoms with van der Waals surface area (Å²) in [5.41, 5.74) is 1.06. The van der Waals surface area contributed by atoms with E-state index in [1.807, 2.05) is 13.8 Å². The van der Waals surface area contributed by atoms with Gasteiger partial charge in [0, 0.05) is 18.0 Å². The number of hydrogen-bond donors (Lipinski definition) is 2. The van der Waals surface area contributed by atoms with Crippen molar-refractivity contribution in [3.63, 3.8) is 0 Å². The third kappa shape index (κ3) is 3.67. The maximum absolute atomic E-state index is 12.8. The Hall–Kier alpha value is -2.65. The molecule has 1 saturated carbocycles. The van der Waals surface area contributed by atoms with Crippen LogP contribution in [-0.4, -0.2) is 39.6 Å². The monoisotopic (exact) mass is 405 g/mol. The van der Waals surface area contributed by atoms with Crippen molar-refractivity contribution < 1.29 is 22.7 Å². The quantitative estimate of drug-likeness (QED) is 0.754. The molecular weight excluding hydrogens is 382 g/mol. The Morgan fingerprint density at radius 1 is 1.11 bits per heavy atom. The number of aromatic nitrogens is 1. The van der Waals surface area contributed by atoms with E-state index >= 15 is 0 Å². The summed E-state index contributed by atoms with van der Waals surface area (Å²) in [6.45, 7) is 4.08. The highest BCUT2D eigenvalue weighted by Crippen LogP contribution is 2.58. The molecule has 2 aromatic rings. The van der Waals surface area contributed by atoms with E-state index in [2.05, 4.69) is 10.3 Å². The van der Waals surface area contributed by atoms with Crippen LogP contribution in [0.3, 0.4) is 0 Å². The van der Waals surface area contributed by atoms with Crippen LogP contribution in [-0.2, 0) is 10.0 Å². The predicted molar refractivity (Wildman–Crippen MR) is 103 cm³/mol. The molecule has 1 heterocycles. The van der Waals surface area contributed by atoms with E-state index < -0.39 is 10.0 Å².